The summed E-state index contributed by atoms with van der Waals surface area (Å²) >= 11 is 0. The van der Waals surface area contributed by atoms with Gasteiger partial charge in [0, 0.05) is 24.9 Å². The summed E-state index contributed by atoms with van der Waals surface area (Å²) in [5.41, 5.74) is 1.11. The van der Waals surface area contributed by atoms with Crippen LogP contribution in [0.2, 0.25) is 0 Å². The van der Waals surface area contributed by atoms with Gasteiger partial charge in [0.15, 0.2) is 0 Å². The third kappa shape index (κ3) is 2.33. The van der Waals surface area contributed by atoms with Crippen molar-refractivity contribution < 1.29 is 19.8 Å². The first-order chi connectivity index (χ1) is 8.49. The number of pyridine rings is 1. The maximum absolute atomic E-state index is 12.1. The summed E-state index contributed by atoms with van der Waals surface area (Å²) in [6, 6.07) is 2.33. The number of aryl methyl sites for hydroxylation is 1. The molecule has 2 rings (SSSR count). The molecule has 18 heavy (non-hydrogen) atoms. The van der Waals surface area contributed by atoms with Crippen molar-refractivity contribution in [2.24, 2.45) is 0 Å². The minimum atomic E-state index is -1.10. The lowest BCUT2D eigenvalue weighted by Gasteiger charge is -2.20. The van der Waals surface area contributed by atoms with Gasteiger partial charge in [-0.25, -0.2) is 4.79 Å². The van der Waals surface area contributed by atoms with E-state index < -0.39 is 24.0 Å². The highest BCUT2D eigenvalue weighted by Gasteiger charge is 2.39. The van der Waals surface area contributed by atoms with E-state index in [1.54, 1.807) is 19.1 Å². The number of nitrogens with zero attached hydrogens (tertiary/aromatic N) is 2. The zero-order valence-corrected chi connectivity index (χ0v) is 9.91. The van der Waals surface area contributed by atoms with Crippen molar-refractivity contribution in [1.29, 1.82) is 0 Å². The standard InChI is InChI=1S/C12H14N2O4/c1-7-2-3-8(5-13-7)11(16)14-6-9(15)4-10(14)12(17)18/h2-3,5,9-10,15H,4,6H2,1H3,(H,17,18). The van der Waals surface area contributed by atoms with Crippen molar-refractivity contribution in [3.63, 3.8) is 0 Å². The Bertz CT molecular complexity index is 471. The Balaban J connectivity index is 2.22. The fourth-order valence-corrected chi connectivity index (χ4v) is 2.03. The van der Waals surface area contributed by atoms with Gasteiger partial charge in [-0.05, 0) is 19.1 Å². The number of hydrogen-bond acceptors (Lipinski definition) is 4. The van der Waals surface area contributed by atoms with Crippen LogP contribution in [0.3, 0.4) is 0 Å². The Morgan fingerprint density at radius 3 is 2.72 bits per heavy atom. The molecule has 1 aromatic rings. The molecule has 6 nitrogen and oxygen atoms in total. The monoisotopic (exact) mass is 250 g/mol. The summed E-state index contributed by atoms with van der Waals surface area (Å²) in [6.45, 7) is 1.84. The van der Waals surface area contributed by atoms with Crippen molar-refractivity contribution in [2.45, 2.75) is 25.5 Å². The van der Waals surface area contributed by atoms with Crippen LogP contribution in [0.4, 0.5) is 0 Å². The number of carboxylic acid groups (broad SMARTS) is 1. The molecular weight excluding hydrogens is 236 g/mol. The Kier molecular flexibility index (Phi) is 3.29. The van der Waals surface area contributed by atoms with E-state index in [2.05, 4.69) is 4.98 Å². The van der Waals surface area contributed by atoms with Gasteiger partial charge in [0.05, 0.1) is 11.7 Å². The van der Waals surface area contributed by atoms with Gasteiger partial charge in [-0.3, -0.25) is 9.78 Å². The van der Waals surface area contributed by atoms with Crippen molar-refractivity contribution in [1.82, 2.24) is 9.88 Å². The fraction of sp³-hybridized carbons (Fsp3) is 0.417. The quantitative estimate of drug-likeness (QED) is 0.774. The number of aromatic nitrogens is 1. The molecule has 1 aromatic heterocycles. The van der Waals surface area contributed by atoms with Gasteiger partial charge in [-0.1, -0.05) is 0 Å². The number of β-amino-alcohol motifs (C(OH)–C–C–N with tert-alkyl or cyclic N) is 1. The highest BCUT2D eigenvalue weighted by molar-refractivity contribution is 5.96. The lowest BCUT2D eigenvalue weighted by atomic mass is 10.2. The van der Waals surface area contributed by atoms with Crippen LogP contribution in [-0.4, -0.2) is 50.7 Å². The summed E-state index contributed by atoms with van der Waals surface area (Å²) in [4.78, 5) is 28.3. The van der Waals surface area contributed by atoms with Gasteiger partial charge < -0.3 is 15.1 Å². The molecule has 0 bridgehead atoms. The molecule has 1 aliphatic heterocycles. The molecule has 1 saturated heterocycles. The van der Waals surface area contributed by atoms with Crippen molar-refractivity contribution in [3.05, 3.63) is 29.6 Å². The van der Waals surface area contributed by atoms with Crippen LogP contribution in [0, 0.1) is 6.92 Å². The van der Waals surface area contributed by atoms with E-state index in [4.69, 9.17) is 5.11 Å². The second-order valence-corrected chi connectivity index (χ2v) is 4.39. The molecule has 2 heterocycles. The number of hydrogen-bond donors (Lipinski definition) is 2. The number of carbonyl (C=O) groups excluding carboxylic acids is 1. The fourth-order valence-electron chi connectivity index (χ4n) is 2.03. The lowest BCUT2D eigenvalue weighted by molar-refractivity contribution is -0.141. The highest BCUT2D eigenvalue weighted by atomic mass is 16.4. The van der Waals surface area contributed by atoms with Gasteiger partial charge in [-0.2, -0.15) is 0 Å². The van der Waals surface area contributed by atoms with E-state index in [-0.39, 0.29) is 13.0 Å². The third-order valence-corrected chi connectivity index (χ3v) is 2.98. The summed E-state index contributed by atoms with van der Waals surface area (Å²) in [5, 5.41) is 18.5. The predicted octanol–water partition coefficient (Wildman–Crippen LogP) is 0.0500. The van der Waals surface area contributed by atoms with Crippen LogP contribution in [0.15, 0.2) is 18.3 Å². The number of carbonyl (C=O) groups is 2. The molecule has 96 valence electrons. The molecule has 1 amide bonds. The number of aliphatic carboxylic acids is 1. The number of carboxylic acids is 1. The van der Waals surface area contributed by atoms with E-state index in [1.165, 1.54) is 11.1 Å². The molecule has 6 heteroatoms. The van der Waals surface area contributed by atoms with Gasteiger partial charge in [0.25, 0.3) is 5.91 Å². The minimum absolute atomic E-state index is 0.0453. The number of aliphatic hydroxyl groups excluding tert-OH is 1. The van der Waals surface area contributed by atoms with Crippen LogP contribution >= 0.6 is 0 Å². The van der Waals surface area contributed by atoms with Crippen LogP contribution in [0.1, 0.15) is 22.5 Å². The summed E-state index contributed by atoms with van der Waals surface area (Å²) in [6.07, 6.45) is 0.704. The highest BCUT2D eigenvalue weighted by Crippen LogP contribution is 2.20. The molecule has 0 aromatic carbocycles. The maximum Gasteiger partial charge on any atom is 0.326 e. The second-order valence-electron chi connectivity index (χ2n) is 4.39. The SMILES string of the molecule is Cc1ccc(C(=O)N2CC(O)CC2C(=O)O)cn1. The van der Waals surface area contributed by atoms with Crippen molar-refractivity contribution >= 4 is 11.9 Å². The first kappa shape index (κ1) is 12.5. The summed E-state index contributed by atoms with van der Waals surface area (Å²) < 4.78 is 0. The Labute approximate surface area is 104 Å². The van der Waals surface area contributed by atoms with E-state index in [0.29, 0.717) is 5.56 Å². The van der Waals surface area contributed by atoms with E-state index in [9.17, 15) is 14.7 Å². The number of aliphatic hydroxyl groups is 1. The molecule has 0 saturated carbocycles. The summed E-state index contributed by atoms with van der Waals surface area (Å²) in [7, 11) is 0. The average Bonchev–Trinajstić information content (AvgIpc) is 2.71. The van der Waals surface area contributed by atoms with Crippen LogP contribution in [-0.2, 0) is 4.79 Å². The Morgan fingerprint density at radius 2 is 2.17 bits per heavy atom. The number of amides is 1. The molecular formula is C12H14N2O4. The van der Waals surface area contributed by atoms with Crippen LogP contribution in [0.25, 0.3) is 0 Å². The zero-order chi connectivity index (χ0) is 13.3. The number of likely N-dealkylation sites (tertiary alicyclic amines) is 1. The molecule has 0 spiro atoms. The summed E-state index contributed by atoms with van der Waals surface area (Å²) in [5.74, 6) is -1.51. The molecule has 2 atom stereocenters. The second kappa shape index (κ2) is 4.73. The van der Waals surface area contributed by atoms with Crippen molar-refractivity contribution in [2.75, 3.05) is 6.54 Å². The van der Waals surface area contributed by atoms with E-state index in [0.717, 1.165) is 5.69 Å². The van der Waals surface area contributed by atoms with Gasteiger partial charge in [-0.15, -0.1) is 0 Å². The van der Waals surface area contributed by atoms with Gasteiger partial charge >= 0.3 is 5.97 Å². The van der Waals surface area contributed by atoms with Crippen LogP contribution < -0.4 is 0 Å². The molecule has 0 radical (unpaired) electrons. The molecule has 2 unspecified atom stereocenters. The molecule has 1 fully saturated rings. The topological polar surface area (TPSA) is 90.7 Å². The smallest absolute Gasteiger partial charge is 0.326 e. The normalized spacial score (nSPS) is 23.1. The molecule has 2 N–H and O–H groups in total. The third-order valence-electron chi connectivity index (χ3n) is 2.98. The van der Waals surface area contributed by atoms with E-state index >= 15 is 0 Å². The minimum Gasteiger partial charge on any atom is -0.480 e. The molecule has 1 aliphatic rings. The first-order valence-electron chi connectivity index (χ1n) is 5.63. The molecule has 0 aliphatic carbocycles. The Morgan fingerprint density at radius 1 is 1.44 bits per heavy atom. The maximum atomic E-state index is 12.1. The Hall–Kier alpha value is -1.95. The zero-order valence-electron chi connectivity index (χ0n) is 9.91. The van der Waals surface area contributed by atoms with Gasteiger partial charge in [0.2, 0.25) is 0 Å². The van der Waals surface area contributed by atoms with Crippen molar-refractivity contribution in [3.8, 4) is 0 Å². The van der Waals surface area contributed by atoms with Crippen LogP contribution in [0.5, 0.6) is 0 Å². The van der Waals surface area contributed by atoms with Gasteiger partial charge in [0.1, 0.15) is 6.04 Å². The average molecular weight is 250 g/mol. The largest absolute Gasteiger partial charge is 0.480 e. The first-order valence-corrected chi connectivity index (χ1v) is 5.63. The predicted molar refractivity (Wildman–Crippen MR) is 62.1 cm³/mol. The number of rotatable bonds is 2. The lowest BCUT2D eigenvalue weighted by Crippen LogP contribution is -2.40. The van der Waals surface area contributed by atoms with E-state index in [1.807, 2.05) is 0 Å².